The lowest BCUT2D eigenvalue weighted by atomic mass is 10.0. The normalized spacial score (nSPS) is 13.0. The van der Waals surface area contributed by atoms with Crippen LogP contribution in [0.1, 0.15) is 17.2 Å². The third-order valence-corrected chi connectivity index (χ3v) is 5.64. The number of rotatable bonds is 2. The van der Waals surface area contributed by atoms with Crippen LogP contribution in [0, 0.1) is 0 Å². The highest BCUT2D eigenvalue weighted by Gasteiger charge is 2.33. The van der Waals surface area contributed by atoms with E-state index >= 15 is 0 Å². The number of hydrogen-bond donors (Lipinski definition) is 0. The second-order valence-electron chi connectivity index (χ2n) is 6.50. The highest BCUT2D eigenvalue weighted by atomic mass is 79.9. The standard InChI is InChI=1S/C20H16BrN5/c1-25(19-16-18(21)24-26(2)20(16)23-11-22-19)17-14-9-5-3-7-12(14)13-8-4-6-10-15(13)17/h3-11,17H,1-2H3. The Hall–Kier alpha value is -2.73. The molecule has 0 atom stereocenters. The van der Waals surface area contributed by atoms with Crippen molar-refractivity contribution in [3.8, 4) is 11.1 Å². The van der Waals surface area contributed by atoms with Crippen LogP contribution in [0.4, 0.5) is 5.82 Å². The van der Waals surface area contributed by atoms with Gasteiger partial charge in [-0.3, -0.25) is 0 Å². The van der Waals surface area contributed by atoms with Crippen LogP contribution in [-0.4, -0.2) is 26.8 Å². The van der Waals surface area contributed by atoms with Crippen LogP contribution < -0.4 is 4.90 Å². The molecule has 0 amide bonds. The van der Waals surface area contributed by atoms with Gasteiger partial charge in [0.1, 0.15) is 16.7 Å². The van der Waals surface area contributed by atoms with Gasteiger partial charge < -0.3 is 4.90 Å². The van der Waals surface area contributed by atoms with E-state index in [2.05, 4.69) is 91.5 Å². The van der Waals surface area contributed by atoms with E-state index in [-0.39, 0.29) is 6.04 Å². The summed E-state index contributed by atoms with van der Waals surface area (Å²) in [5.74, 6) is 0.867. The van der Waals surface area contributed by atoms with E-state index in [9.17, 15) is 0 Å². The van der Waals surface area contributed by atoms with Crippen LogP contribution in [0.15, 0.2) is 59.5 Å². The van der Waals surface area contributed by atoms with E-state index in [1.807, 2.05) is 7.05 Å². The smallest absolute Gasteiger partial charge is 0.164 e. The Morgan fingerprint density at radius 3 is 2.23 bits per heavy atom. The molecule has 0 saturated carbocycles. The quantitative estimate of drug-likeness (QED) is 0.497. The fourth-order valence-corrected chi connectivity index (χ4v) is 4.55. The minimum absolute atomic E-state index is 0.104. The number of aromatic nitrogens is 4. The van der Waals surface area contributed by atoms with Crippen LogP contribution in [0.2, 0.25) is 0 Å². The summed E-state index contributed by atoms with van der Waals surface area (Å²) in [7, 11) is 3.98. The number of halogens is 1. The summed E-state index contributed by atoms with van der Waals surface area (Å²) in [5, 5.41) is 5.38. The highest BCUT2D eigenvalue weighted by Crippen LogP contribution is 2.47. The predicted octanol–water partition coefficient (Wildman–Crippen LogP) is 4.33. The van der Waals surface area contributed by atoms with Crippen molar-refractivity contribution in [3.05, 3.63) is 70.6 Å². The maximum absolute atomic E-state index is 4.60. The first-order chi connectivity index (χ1) is 12.7. The SMILES string of the molecule is CN(c1ncnc2c1c(Br)nn2C)C1c2ccccc2-c2ccccc21. The maximum atomic E-state index is 4.60. The van der Waals surface area contributed by atoms with E-state index in [1.165, 1.54) is 22.3 Å². The molecule has 0 aliphatic heterocycles. The third-order valence-electron chi connectivity index (χ3n) is 5.08. The van der Waals surface area contributed by atoms with Gasteiger partial charge in [-0.2, -0.15) is 5.10 Å². The van der Waals surface area contributed by atoms with Gasteiger partial charge in [0.05, 0.1) is 11.4 Å². The first-order valence-corrected chi connectivity index (χ1v) is 9.20. The lowest BCUT2D eigenvalue weighted by molar-refractivity contribution is 0.775. The Kier molecular flexibility index (Phi) is 3.37. The highest BCUT2D eigenvalue weighted by molar-refractivity contribution is 9.10. The molecule has 6 heteroatoms. The zero-order chi connectivity index (χ0) is 17.8. The molecule has 0 N–H and O–H groups in total. The molecule has 0 radical (unpaired) electrons. The molecule has 0 spiro atoms. The van der Waals surface area contributed by atoms with Gasteiger partial charge in [-0.1, -0.05) is 48.5 Å². The Morgan fingerprint density at radius 2 is 1.58 bits per heavy atom. The zero-order valence-corrected chi connectivity index (χ0v) is 16.0. The van der Waals surface area contributed by atoms with Crippen LogP contribution in [-0.2, 0) is 7.05 Å². The Bertz CT molecular complexity index is 1100. The summed E-state index contributed by atoms with van der Waals surface area (Å²) in [6.45, 7) is 0. The zero-order valence-electron chi connectivity index (χ0n) is 14.4. The van der Waals surface area contributed by atoms with Gasteiger partial charge in [0, 0.05) is 14.1 Å². The van der Waals surface area contributed by atoms with Crippen LogP contribution in [0.3, 0.4) is 0 Å². The van der Waals surface area contributed by atoms with Crippen LogP contribution >= 0.6 is 15.9 Å². The molecule has 2 heterocycles. The Balaban J connectivity index is 1.74. The minimum Gasteiger partial charge on any atom is -0.348 e. The average Bonchev–Trinajstić information content (AvgIpc) is 3.16. The lowest BCUT2D eigenvalue weighted by Gasteiger charge is -2.28. The second kappa shape index (κ2) is 5.64. The number of aryl methyl sites for hydroxylation is 1. The fourth-order valence-electron chi connectivity index (χ4n) is 3.96. The summed E-state index contributed by atoms with van der Waals surface area (Å²) < 4.78 is 2.53. The minimum atomic E-state index is 0.104. The lowest BCUT2D eigenvalue weighted by Crippen LogP contribution is -2.24. The fraction of sp³-hybridized carbons (Fsp3) is 0.150. The van der Waals surface area contributed by atoms with Gasteiger partial charge in [0.2, 0.25) is 0 Å². The van der Waals surface area contributed by atoms with Crippen molar-refractivity contribution in [2.24, 2.45) is 7.05 Å². The van der Waals surface area contributed by atoms with Gasteiger partial charge in [0.25, 0.3) is 0 Å². The number of nitrogens with zero attached hydrogens (tertiary/aromatic N) is 5. The summed E-state index contributed by atoms with van der Waals surface area (Å²) in [4.78, 5) is 11.2. The van der Waals surface area contributed by atoms with Gasteiger partial charge in [-0.05, 0) is 38.2 Å². The molecule has 2 aromatic carbocycles. The van der Waals surface area contributed by atoms with E-state index < -0.39 is 0 Å². The summed E-state index contributed by atoms with van der Waals surface area (Å²) in [6.07, 6.45) is 1.61. The second-order valence-corrected chi connectivity index (χ2v) is 7.25. The third kappa shape index (κ3) is 2.05. The van der Waals surface area contributed by atoms with Gasteiger partial charge in [0.15, 0.2) is 5.65 Å². The van der Waals surface area contributed by atoms with Gasteiger partial charge >= 0.3 is 0 Å². The van der Waals surface area contributed by atoms with Crippen molar-refractivity contribution < 1.29 is 0 Å². The number of hydrogen-bond acceptors (Lipinski definition) is 4. The van der Waals surface area contributed by atoms with E-state index in [0.29, 0.717) is 0 Å². The summed E-state index contributed by atoms with van der Waals surface area (Å²) >= 11 is 3.57. The predicted molar refractivity (Wildman–Crippen MR) is 106 cm³/mol. The number of fused-ring (bicyclic) bond motifs is 4. The summed E-state index contributed by atoms with van der Waals surface area (Å²) in [5.41, 5.74) is 5.98. The molecule has 0 fully saturated rings. The molecule has 5 rings (SSSR count). The molecular formula is C20H16BrN5. The molecule has 0 saturated heterocycles. The molecule has 4 aromatic rings. The molecule has 1 aliphatic carbocycles. The van der Waals surface area contributed by atoms with Crippen molar-refractivity contribution in [1.29, 1.82) is 0 Å². The Morgan fingerprint density at radius 1 is 0.962 bits per heavy atom. The van der Waals surface area contributed by atoms with Crippen molar-refractivity contribution in [3.63, 3.8) is 0 Å². The van der Waals surface area contributed by atoms with E-state index in [4.69, 9.17) is 0 Å². The van der Waals surface area contributed by atoms with Crippen molar-refractivity contribution in [2.45, 2.75) is 6.04 Å². The number of anilines is 1. The van der Waals surface area contributed by atoms with Crippen molar-refractivity contribution >= 4 is 32.8 Å². The summed E-state index contributed by atoms with van der Waals surface area (Å²) in [6, 6.07) is 17.3. The average molecular weight is 406 g/mol. The first kappa shape index (κ1) is 15.5. The van der Waals surface area contributed by atoms with E-state index in [1.54, 1.807) is 11.0 Å². The Labute approximate surface area is 159 Å². The monoisotopic (exact) mass is 405 g/mol. The van der Waals surface area contributed by atoms with Gasteiger partial charge in [-0.15, -0.1) is 0 Å². The molecule has 2 aromatic heterocycles. The largest absolute Gasteiger partial charge is 0.348 e. The van der Waals surface area contributed by atoms with E-state index in [0.717, 1.165) is 21.5 Å². The van der Waals surface area contributed by atoms with Crippen LogP contribution in [0.5, 0.6) is 0 Å². The molecule has 128 valence electrons. The van der Waals surface area contributed by atoms with Gasteiger partial charge in [-0.25, -0.2) is 14.6 Å². The van der Waals surface area contributed by atoms with Crippen molar-refractivity contribution in [1.82, 2.24) is 19.7 Å². The molecule has 0 unspecified atom stereocenters. The molecule has 26 heavy (non-hydrogen) atoms. The van der Waals surface area contributed by atoms with Crippen molar-refractivity contribution in [2.75, 3.05) is 11.9 Å². The van der Waals surface area contributed by atoms with Crippen LogP contribution in [0.25, 0.3) is 22.2 Å². The first-order valence-electron chi connectivity index (χ1n) is 8.41. The molecule has 1 aliphatic rings. The molecule has 5 nitrogen and oxygen atoms in total. The topological polar surface area (TPSA) is 46.8 Å². The maximum Gasteiger partial charge on any atom is 0.164 e. The molecule has 0 bridgehead atoms. The molecular weight excluding hydrogens is 390 g/mol. The number of benzene rings is 2.